The minimum atomic E-state index is -0.629. The number of rotatable bonds is 4. The average Bonchev–Trinajstić information content (AvgIpc) is 3.09. The molecule has 3 N–H and O–H groups in total. The molecule has 0 saturated carbocycles. The van der Waals surface area contributed by atoms with E-state index in [4.69, 9.17) is 0 Å². The van der Waals surface area contributed by atoms with Crippen molar-refractivity contribution < 1.29 is 14.6 Å². The number of anilines is 1. The van der Waals surface area contributed by atoms with Crippen LogP contribution in [-0.4, -0.2) is 21.5 Å². The van der Waals surface area contributed by atoms with Gasteiger partial charge in [0.1, 0.15) is 12.1 Å². The third-order valence-corrected chi connectivity index (χ3v) is 6.24. The molecule has 0 fully saturated rings. The Morgan fingerprint density at radius 3 is 2.90 bits per heavy atom. The molecule has 7 nitrogen and oxygen atoms in total. The van der Waals surface area contributed by atoms with Crippen molar-refractivity contribution in [3.05, 3.63) is 63.8 Å². The van der Waals surface area contributed by atoms with Crippen molar-refractivity contribution in [1.29, 1.82) is 0 Å². The maximum Gasteiger partial charge on any atom is 0.317 e. The molecule has 2 atom stereocenters. The molecule has 2 aliphatic rings. The first kappa shape index (κ1) is 20.5. The number of hydrogen-bond donors (Lipinski definition) is 2. The molecule has 0 spiro atoms. The summed E-state index contributed by atoms with van der Waals surface area (Å²) in [6.07, 6.45) is 5.80. The van der Waals surface area contributed by atoms with E-state index in [-0.39, 0.29) is 11.7 Å². The van der Waals surface area contributed by atoms with Crippen LogP contribution in [0, 0.1) is 12.8 Å². The van der Waals surface area contributed by atoms with Crippen molar-refractivity contribution in [2.24, 2.45) is 5.92 Å². The van der Waals surface area contributed by atoms with Gasteiger partial charge in [0.2, 0.25) is 0 Å². The van der Waals surface area contributed by atoms with E-state index in [0.717, 1.165) is 40.8 Å². The van der Waals surface area contributed by atoms with Crippen LogP contribution in [-0.2, 0) is 16.1 Å². The molecule has 0 bridgehead atoms. The minimum Gasteiger partial charge on any atom is -0.362 e. The smallest absolute Gasteiger partial charge is 0.317 e. The molecule has 1 amide bonds. The lowest BCUT2D eigenvalue weighted by Crippen LogP contribution is -2.43. The average molecular weight is 471 g/mol. The summed E-state index contributed by atoms with van der Waals surface area (Å²) in [4.78, 5) is 29.4. The molecule has 4 rings (SSSR count). The molecule has 3 heterocycles. The molecule has 2 unspecified atom stereocenters. The fraction of sp³-hybridized carbons (Fsp3) is 0.364. The number of carbonyl (C=O) groups excluding carboxylic acids is 2. The summed E-state index contributed by atoms with van der Waals surface area (Å²) in [7, 11) is 0. The Labute approximate surface area is 183 Å². The molecule has 30 heavy (non-hydrogen) atoms. The van der Waals surface area contributed by atoms with Gasteiger partial charge in [0, 0.05) is 53.7 Å². The lowest BCUT2D eigenvalue weighted by atomic mass is 9.71. The lowest BCUT2D eigenvalue weighted by Gasteiger charge is -2.37. The number of pyridine rings is 1. The van der Waals surface area contributed by atoms with E-state index in [1.807, 2.05) is 30.8 Å². The second-order valence-electron chi connectivity index (χ2n) is 7.71. The van der Waals surface area contributed by atoms with Crippen LogP contribution in [0.15, 0.2) is 52.5 Å². The number of carbonyl (C=O) groups is 2. The second-order valence-corrected chi connectivity index (χ2v) is 8.63. The first-order valence-corrected chi connectivity index (χ1v) is 10.9. The van der Waals surface area contributed by atoms with Crippen molar-refractivity contribution in [3.63, 3.8) is 0 Å². The highest BCUT2D eigenvalue weighted by Crippen LogP contribution is 2.45. The van der Waals surface area contributed by atoms with Gasteiger partial charge in [-0.3, -0.25) is 9.48 Å². The topological polar surface area (TPSA) is 90.2 Å². The molecule has 2 aromatic heterocycles. The summed E-state index contributed by atoms with van der Waals surface area (Å²) in [6.45, 7) is 8.82. The van der Waals surface area contributed by atoms with Gasteiger partial charge in [0.25, 0.3) is 5.82 Å². The van der Waals surface area contributed by atoms with Crippen LogP contribution in [0.2, 0.25) is 0 Å². The first-order chi connectivity index (χ1) is 14.4. The standard InChI is InChI=1S/C22H24BrN5O2/c1-4-28-11-15(12(2)27-28)20-19(22(30)26-18-9-8-14(23)10-24-18)13(3)25-16-6-5-7-17(29)21(16)20/h8-11,19-20,25H,3-7H2,1-2H3,(H,24,26,30)/p+1. The second kappa shape index (κ2) is 8.18. The molecule has 0 radical (unpaired) electrons. The third-order valence-electron chi connectivity index (χ3n) is 5.75. The zero-order valence-electron chi connectivity index (χ0n) is 17.1. The van der Waals surface area contributed by atoms with Crippen molar-refractivity contribution in [3.8, 4) is 0 Å². The van der Waals surface area contributed by atoms with Crippen molar-refractivity contribution in [1.82, 2.24) is 15.1 Å². The SMILES string of the molecule is C=C1NC2=C(C(=O)CCC2)C(c2cn(CC)nc2C)C1C(=O)Nc1ccc(Br)c[nH+]1. The first-order valence-electron chi connectivity index (χ1n) is 10.1. The number of aryl methyl sites for hydroxylation is 2. The van der Waals surface area contributed by atoms with Crippen LogP contribution in [0.4, 0.5) is 5.82 Å². The van der Waals surface area contributed by atoms with Crippen LogP contribution >= 0.6 is 15.9 Å². The van der Waals surface area contributed by atoms with Gasteiger partial charge in [-0.25, -0.2) is 15.1 Å². The molecular formula is C22H25BrN5O2+. The van der Waals surface area contributed by atoms with Gasteiger partial charge in [-0.2, -0.15) is 5.10 Å². The van der Waals surface area contributed by atoms with Crippen molar-refractivity contribution in [2.45, 2.75) is 45.6 Å². The van der Waals surface area contributed by atoms with E-state index >= 15 is 0 Å². The van der Waals surface area contributed by atoms with Gasteiger partial charge in [0.15, 0.2) is 5.78 Å². The Hall–Kier alpha value is -2.74. The molecule has 1 aliphatic heterocycles. The lowest BCUT2D eigenvalue weighted by molar-refractivity contribution is -0.361. The molecule has 1 aliphatic carbocycles. The van der Waals surface area contributed by atoms with E-state index in [2.05, 4.69) is 43.2 Å². The number of halogens is 1. The molecule has 156 valence electrons. The van der Waals surface area contributed by atoms with Gasteiger partial charge in [-0.15, -0.1) is 0 Å². The van der Waals surface area contributed by atoms with E-state index in [9.17, 15) is 9.59 Å². The Kier molecular flexibility index (Phi) is 5.60. The summed E-state index contributed by atoms with van der Waals surface area (Å²) < 4.78 is 2.73. The van der Waals surface area contributed by atoms with Gasteiger partial charge >= 0.3 is 5.91 Å². The Morgan fingerprint density at radius 1 is 1.43 bits per heavy atom. The summed E-state index contributed by atoms with van der Waals surface area (Å²) in [5.41, 5.74) is 3.93. The Morgan fingerprint density at radius 2 is 2.23 bits per heavy atom. The summed E-state index contributed by atoms with van der Waals surface area (Å²) in [6, 6.07) is 3.63. The Bertz CT molecular complexity index is 1050. The van der Waals surface area contributed by atoms with Gasteiger partial charge in [-0.1, -0.05) is 6.58 Å². The number of Topliss-reactive ketones (excluding diaryl/α,β-unsaturated/α-hetero) is 1. The predicted octanol–water partition coefficient (Wildman–Crippen LogP) is 3.25. The van der Waals surface area contributed by atoms with Crippen molar-refractivity contribution >= 4 is 33.4 Å². The maximum atomic E-state index is 13.4. The fourth-order valence-electron chi connectivity index (χ4n) is 4.33. The molecule has 0 saturated heterocycles. The maximum absolute atomic E-state index is 13.4. The normalized spacial score (nSPS) is 21.3. The number of hydrogen-bond acceptors (Lipinski definition) is 4. The summed E-state index contributed by atoms with van der Waals surface area (Å²) in [5, 5.41) is 10.8. The molecule has 8 heteroatoms. The van der Waals surface area contributed by atoms with Crippen LogP contribution < -0.4 is 15.6 Å². The zero-order valence-corrected chi connectivity index (χ0v) is 18.7. The highest BCUT2D eigenvalue weighted by molar-refractivity contribution is 9.10. The number of allylic oxidation sites excluding steroid dienone is 2. The Balaban J connectivity index is 1.78. The van der Waals surface area contributed by atoms with Crippen LogP contribution in [0.1, 0.15) is 43.4 Å². The number of aromatic amines is 1. The van der Waals surface area contributed by atoms with Crippen LogP contribution in [0.5, 0.6) is 0 Å². The van der Waals surface area contributed by atoms with Crippen LogP contribution in [0.25, 0.3) is 0 Å². The molecule has 2 aromatic rings. The summed E-state index contributed by atoms with van der Waals surface area (Å²) in [5.74, 6) is -0.582. The highest BCUT2D eigenvalue weighted by Gasteiger charge is 2.45. The largest absolute Gasteiger partial charge is 0.362 e. The minimum absolute atomic E-state index is 0.0953. The highest BCUT2D eigenvalue weighted by atomic mass is 79.9. The van der Waals surface area contributed by atoms with E-state index in [1.165, 1.54) is 0 Å². The molecular weight excluding hydrogens is 446 g/mol. The third kappa shape index (κ3) is 3.71. The quantitative estimate of drug-likeness (QED) is 0.717. The summed E-state index contributed by atoms with van der Waals surface area (Å²) >= 11 is 3.38. The number of amides is 1. The number of nitrogens with zero attached hydrogens (tertiary/aromatic N) is 2. The van der Waals surface area contributed by atoms with Gasteiger partial charge in [-0.05, 0) is 48.7 Å². The predicted molar refractivity (Wildman–Crippen MR) is 116 cm³/mol. The van der Waals surface area contributed by atoms with E-state index < -0.39 is 11.8 Å². The molecule has 0 aromatic carbocycles. The fourth-order valence-corrected chi connectivity index (χ4v) is 4.58. The monoisotopic (exact) mass is 470 g/mol. The van der Waals surface area contributed by atoms with Gasteiger partial charge in [0.05, 0.1) is 10.2 Å². The van der Waals surface area contributed by atoms with E-state index in [0.29, 0.717) is 23.5 Å². The zero-order chi connectivity index (χ0) is 21.4. The van der Waals surface area contributed by atoms with Gasteiger partial charge < -0.3 is 5.32 Å². The van der Waals surface area contributed by atoms with E-state index in [1.54, 1.807) is 12.3 Å². The van der Waals surface area contributed by atoms with Crippen LogP contribution in [0.3, 0.4) is 0 Å². The van der Waals surface area contributed by atoms with Crippen molar-refractivity contribution in [2.75, 3.05) is 5.32 Å². The number of nitrogens with one attached hydrogen (secondary N) is 3. The number of aromatic nitrogens is 3. The number of ketones is 1. The number of H-pyrrole nitrogens is 1.